The summed E-state index contributed by atoms with van der Waals surface area (Å²) in [4.78, 5) is 12.8. The molecular formula is C9H13ClF2N2OS2. The highest BCUT2D eigenvalue weighted by Gasteiger charge is 2.27. The molecule has 98 valence electrons. The van der Waals surface area contributed by atoms with E-state index in [9.17, 15) is 13.6 Å². The normalized spacial score (nSPS) is 10.8. The molecule has 17 heavy (non-hydrogen) atoms. The molecule has 0 aliphatic rings. The molecule has 1 rings (SSSR count). The third-order valence-electron chi connectivity index (χ3n) is 1.86. The van der Waals surface area contributed by atoms with E-state index in [1.54, 1.807) is 11.4 Å². The Balaban J connectivity index is 0.00000256. The first-order valence-electron chi connectivity index (χ1n) is 4.48. The summed E-state index contributed by atoms with van der Waals surface area (Å²) >= 11 is 2.64. The van der Waals surface area contributed by atoms with Gasteiger partial charge in [0, 0.05) is 4.90 Å². The van der Waals surface area contributed by atoms with E-state index in [1.807, 2.05) is 6.26 Å². The summed E-state index contributed by atoms with van der Waals surface area (Å²) in [6.07, 6.45) is 1.83. The predicted octanol–water partition coefficient (Wildman–Crippen LogP) is 2.22. The van der Waals surface area contributed by atoms with Crippen LogP contribution in [-0.4, -0.2) is 31.2 Å². The van der Waals surface area contributed by atoms with Crippen LogP contribution >= 0.6 is 35.5 Å². The minimum atomic E-state index is -3.05. The first-order chi connectivity index (χ1) is 7.50. The van der Waals surface area contributed by atoms with Crippen LogP contribution in [-0.2, 0) is 0 Å². The summed E-state index contributed by atoms with van der Waals surface area (Å²) in [7, 11) is 0. The van der Waals surface area contributed by atoms with Crippen LogP contribution < -0.4 is 11.1 Å². The zero-order chi connectivity index (χ0) is 12.2. The quantitative estimate of drug-likeness (QED) is 0.820. The van der Waals surface area contributed by atoms with Crippen molar-refractivity contribution in [2.24, 2.45) is 5.73 Å². The smallest absolute Gasteiger partial charge is 0.277 e. The van der Waals surface area contributed by atoms with Crippen molar-refractivity contribution >= 4 is 41.4 Å². The molecule has 1 aromatic heterocycles. The zero-order valence-electron chi connectivity index (χ0n) is 9.04. The fourth-order valence-electron chi connectivity index (χ4n) is 0.986. The first-order valence-corrected chi connectivity index (χ1v) is 6.58. The molecule has 0 aromatic carbocycles. The molecule has 0 radical (unpaired) electrons. The fraction of sp³-hybridized carbons (Fsp3) is 0.444. The van der Waals surface area contributed by atoms with Crippen LogP contribution in [0.5, 0.6) is 0 Å². The van der Waals surface area contributed by atoms with E-state index >= 15 is 0 Å². The van der Waals surface area contributed by atoms with Crippen LogP contribution in [0.25, 0.3) is 0 Å². The van der Waals surface area contributed by atoms with Gasteiger partial charge in [-0.25, -0.2) is 8.78 Å². The number of alkyl halides is 2. The van der Waals surface area contributed by atoms with Crippen molar-refractivity contribution in [1.29, 1.82) is 0 Å². The standard InChI is InChI=1S/C9H12F2N2OS2.ClH/c1-15-6-2-3-16-7(6)8(14)13-5-9(10,11)4-12;/h2-3H,4-5,12H2,1H3,(H,13,14);1H. The summed E-state index contributed by atoms with van der Waals surface area (Å²) in [5.74, 6) is -3.53. The molecule has 1 heterocycles. The van der Waals surface area contributed by atoms with Gasteiger partial charge in [0.1, 0.15) is 4.88 Å². The van der Waals surface area contributed by atoms with Crippen LogP contribution in [0.1, 0.15) is 9.67 Å². The number of carbonyl (C=O) groups is 1. The van der Waals surface area contributed by atoms with E-state index in [4.69, 9.17) is 5.73 Å². The van der Waals surface area contributed by atoms with Crippen LogP contribution in [0.15, 0.2) is 16.3 Å². The van der Waals surface area contributed by atoms with Crippen LogP contribution in [0, 0.1) is 0 Å². The molecule has 0 aliphatic carbocycles. The molecule has 0 unspecified atom stereocenters. The third-order valence-corrected chi connectivity index (χ3v) is 3.68. The third kappa shape index (κ3) is 4.79. The van der Waals surface area contributed by atoms with Crippen LogP contribution in [0.3, 0.4) is 0 Å². The van der Waals surface area contributed by atoms with Gasteiger partial charge in [-0.1, -0.05) is 0 Å². The molecule has 1 amide bonds. The second kappa shape index (κ2) is 7.15. The Bertz CT molecular complexity index is 374. The highest BCUT2D eigenvalue weighted by Crippen LogP contribution is 2.25. The molecule has 3 nitrogen and oxygen atoms in total. The summed E-state index contributed by atoms with van der Waals surface area (Å²) < 4.78 is 25.6. The van der Waals surface area contributed by atoms with Gasteiger partial charge in [0.15, 0.2) is 0 Å². The average molecular weight is 303 g/mol. The summed E-state index contributed by atoms with van der Waals surface area (Å²) in [5, 5.41) is 3.93. The van der Waals surface area contributed by atoms with E-state index in [0.717, 1.165) is 4.90 Å². The molecule has 0 bridgehead atoms. The van der Waals surface area contributed by atoms with Gasteiger partial charge in [-0.3, -0.25) is 4.79 Å². The van der Waals surface area contributed by atoms with Gasteiger partial charge >= 0.3 is 0 Å². The Morgan fingerprint density at radius 3 is 2.82 bits per heavy atom. The summed E-state index contributed by atoms with van der Waals surface area (Å²) in [5.41, 5.74) is 4.86. The molecule has 0 spiro atoms. The molecule has 0 fully saturated rings. The molecule has 0 saturated heterocycles. The van der Waals surface area contributed by atoms with Crippen molar-refractivity contribution in [2.45, 2.75) is 10.8 Å². The lowest BCUT2D eigenvalue weighted by Gasteiger charge is -2.14. The minimum Gasteiger partial charge on any atom is -0.345 e. The van der Waals surface area contributed by atoms with Gasteiger partial charge < -0.3 is 11.1 Å². The van der Waals surface area contributed by atoms with Crippen molar-refractivity contribution < 1.29 is 13.6 Å². The van der Waals surface area contributed by atoms with E-state index in [2.05, 4.69) is 5.32 Å². The predicted molar refractivity (Wildman–Crippen MR) is 69.7 cm³/mol. The Hall–Kier alpha value is -0.370. The van der Waals surface area contributed by atoms with Crippen molar-refractivity contribution in [2.75, 3.05) is 19.3 Å². The van der Waals surface area contributed by atoms with Crippen LogP contribution in [0.2, 0.25) is 0 Å². The monoisotopic (exact) mass is 302 g/mol. The van der Waals surface area contributed by atoms with Gasteiger partial charge in [0.05, 0.1) is 13.1 Å². The van der Waals surface area contributed by atoms with E-state index in [0.29, 0.717) is 4.88 Å². The second-order valence-corrected chi connectivity index (χ2v) is 4.83. The molecular weight excluding hydrogens is 290 g/mol. The maximum atomic E-state index is 12.8. The number of amides is 1. The van der Waals surface area contributed by atoms with Gasteiger partial charge in [0.25, 0.3) is 11.8 Å². The Morgan fingerprint density at radius 1 is 1.65 bits per heavy atom. The molecule has 1 aromatic rings. The number of nitrogens with two attached hydrogens (primary N) is 1. The number of hydrogen-bond donors (Lipinski definition) is 2. The zero-order valence-corrected chi connectivity index (χ0v) is 11.5. The highest BCUT2D eigenvalue weighted by atomic mass is 35.5. The van der Waals surface area contributed by atoms with E-state index in [1.165, 1.54) is 23.1 Å². The highest BCUT2D eigenvalue weighted by molar-refractivity contribution is 7.98. The number of carbonyl (C=O) groups excluding carboxylic acids is 1. The lowest BCUT2D eigenvalue weighted by molar-refractivity contribution is 0.0119. The van der Waals surface area contributed by atoms with Crippen molar-refractivity contribution in [1.82, 2.24) is 5.32 Å². The number of thiophene rings is 1. The van der Waals surface area contributed by atoms with Gasteiger partial charge in [0.2, 0.25) is 0 Å². The molecule has 8 heteroatoms. The van der Waals surface area contributed by atoms with Gasteiger partial charge in [-0.2, -0.15) is 0 Å². The maximum Gasteiger partial charge on any atom is 0.277 e. The van der Waals surface area contributed by atoms with Gasteiger partial charge in [-0.05, 0) is 17.7 Å². The number of halogens is 3. The number of hydrogen-bond acceptors (Lipinski definition) is 4. The fourth-order valence-corrected chi connectivity index (χ4v) is 2.65. The molecule has 0 atom stereocenters. The van der Waals surface area contributed by atoms with E-state index in [-0.39, 0.29) is 12.4 Å². The Kier molecular flexibility index (Phi) is 6.99. The van der Waals surface area contributed by atoms with Gasteiger partial charge in [-0.15, -0.1) is 35.5 Å². The first kappa shape index (κ1) is 16.6. The minimum absolute atomic E-state index is 0. The average Bonchev–Trinajstić information content (AvgIpc) is 2.74. The lowest BCUT2D eigenvalue weighted by atomic mass is 10.3. The topological polar surface area (TPSA) is 55.1 Å². The summed E-state index contributed by atoms with van der Waals surface area (Å²) in [6.45, 7) is -1.50. The molecule has 0 saturated carbocycles. The molecule has 0 aliphatic heterocycles. The second-order valence-electron chi connectivity index (χ2n) is 3.06. The van der Waals surface area contributed by atoms with Crippen molar-refractivity contribution in [3.63, 3.8) is 0 Å². The summed E-state index contributed by atoms with van der Waals surface area (Å²) in [6, 6.07) is 1.78. The number of thioether (sulfide) groups is 1. The maximum absolute atomic E-state index is 12.8. The van der Waals surface area contributed by atoms with Crippen molar-refractivity contribution in [3.8, 4) is 0 Å². The van der Waals surface area contributed by atoms with E-state index < -0.39 is 24.9 Å². The van der Waals surface area contributed by atoms with Crippen LogP contribution in [0.4, 0.5) is 8.78 Å². The SMILES string of the molecule is CSc1ccsc1C(=O)NCC(F)(F)CN.Cl. The number of nitrogens with one attached hydrogen (secondary N) is 1. The number of rotatable bonds is 5. The lowest BCUT2D eigenvalue weighted by Crippen LogP contribution is -2.41. The Labute approximate surface area is 113 Å². The Morgan fingerprint density at radius 2 is 2.29 bits per heavy atom. The van der Waals surface area contributed by atoms with Crippen molar-refractivity contribution in [3.05, 3.63) is 16.3 Å². The largest absolute Gasteiger partial charge is 0.345 e. The molecule has 3 N–H and O–H groups in total.